The molecule has 0 fully saturated rings. The first-order chi connectivity index (χ1) is 23.8. The maximum atomic E-state index is 13.1. The van der Waals surface area contributed by atoms with Crippen molar-refractivity contribution in [1.82, 2.24) is 25.4 Å². The van der Waals surface area contributed by atoms with Gasteiger partial charge in [0.2, 0.25) is 5.91 Å². The summed E-state index contributed by atoms with van der Waals surface area (Å²) in [6.07, 6.45) is 1.72. The Labute approximate surface area is 293 Å². The van der Waals surface area contributed by atoms with Crippen LogP contribution >= 0.6 is 22.9 Å². The Morgan fingerprint density at radius 2 is 1.59 bits per heavy atom. The van der Waals surface area contributed by atoms with Crippen LogP contribution in [0, 0.1) is 20.8 Å². The van der Waals surface area contributed by atoms with E-state index in [-0.39, 0.29) is 18.2 Å². The lowest BCUT2D eigenvalue weighted by atomic mass is 9.99. The van der Waals surface area contributed by atoms with Gasteiger partial charge in [0.1, 0.15) is 22.6 Å². The van der Waals surface area contributed by atoms with Crippen molar-refractivity contribution in [2.24, 2.45) is 4.99 Å². The molecule has 3 aromatic heterocycles. The van der Waals surface area contributed by atoms with E-state index in [1.165, 1.54) is 4.88 Å². The standard InChI is InChI=1S/C36H37ClN6O5S/c1-22-23(2)49-36-32(22)33(26-10-12-28(37)13-11-26)40-29(34-42-41-24(3)43(34)36)21-31(44)38-14-17-46-19-20-47-18-15-39-35(45)27-8-6-25(7-9-27)30-5-4-16-48-30/h4-13,16,29H,14-15,17-21H2,1-3H3,(H,38,44)(H,39,45)/t29-/m0/s1. The number of benzene rings is 2. The topological polar surface area (TPSA) is 133 Å². The van der Waals surface area contributed by atoms with Crippen LogP contribution in [0.5, 0.6) is 0 Å². The maximum absolute atomic E-state index is 13.1. The summed E-state index contributed by atoms with van der Waals surface area (Å²) in [7, 11) is 0. The first-order valence-corrected chi connectivity index (χ1v) is 17.2. The van der Waals surface area contributed by atoms with Crippen LogP contribution in [-0.2, 0) is 14.3 Å². The van der Waals surface area contributed by atoms with Crippen molar-refractivity contribution < 1.29 is 23.5 Å². The van der Waals surface area contributed by atoms with E-state index in [0.29, 0.717) is 55.9 Å². The molecule has 0 bridgehead atoms. The van der Waals surface area contributed by atoms with Crippen LogP contribution in [0.4, 0.5) is 0 Å². The number of nitrogens with zero attached hydrogens (tertiary/aromatic N) is 4. The number of hydrogen-bond donors (Lipinski definition) is 2. The molecule has 5 aromatic rings. The Balaban J connectivity index is 0.942. The summed E-state index contributed by atoms with van der Waals surface area (Å²) in [5, 5.41) is 16.2. The number of fused-ring (bicyclic) bond motifs is 3. The predicted molar refractivity (Wildman–Crippen MR) is 189 cm³/mol. The van der Waals surface area contributed by atoms with Crippen LogP contribution in [0.3, 0.4) is 0 Å². The SMILES string of the molecule is Cc1sc2c(c1C)C(c1ccc(Cl)cc1)=N[C@@H](CC(=O)NCCOCCOCCNC(=O)c1ccc(-c3ccco3)cc1)c1nnc(C)n1-2. The van der Waals surface area contributed by atoms with E-state index in [0.717, 1.165) is 44.6 Å². The molecule has 1 atom stereocenters. The van der Waals surface area contributed by atoms with Gasteiger partial charge in [-0.15, -0.1) is 21.5 Å². The minimum atomic E-state index is -0.540. The molecule has 11 nitrogen and oxygen atoms in total. The molecule has 0 unspecified atom stereocenters. The van der Waals surface area contributed by atoms with E-state index < -0.39 is 6.04 Å². The largest absolute Gasteiger partial charge is 0.464 e. The van der Waals surface area contributed by atoms with Crippen LogP contribution in [-0.4, -0.2) is 71.8 Å². The average Bonchev–Trinajstić information content (AvgIpc) is 3.82. The normalized spacial score (nSPS) is 13.7. The number of carbonyl (C=O) groups is 2. The summed E-state index contributed by atoms with van der Waals surface area (Å²) in [4.78, 5) is 31.8. The van der Waals surface area contributed by atoms with Gasteiger partial charge >= 0.3 is 0 Å². The number of furan rings is 1. The highest BCUT2D eigenvalue weighted by Crippen LogP contribution is 2.39. The molecule has 49 heavy (non-hydrogen) atoms. The summed E-state index contributed by atoms with van der Waals surface area (Å²) >= 11 is 7.87. The van der Waals surface area contributed by atoms with Crippen molar-refractivity contribution in [3.8, 4) is 16.3 Å². The van der Waals surface area contributed by atoms with E-state index in [9.17, 15) is 9.59 Å². The Morgan fingerprint density at radius 3 is 2.29 bits per heavy atom. The van der Waals surface area contributed by atoms with Gasteiger partial charge in [0.15, 0.2) is 5.82 Å². The summed E-state index contributed by atoms with van der Waals surface area (Å²) in [6, 6.07) is 18.0. The third-order valence-electron chi connectivity index (χ3n) is 8.16. The number of amides is 2. The van der Waals surface area contributed by atoms with Gasteiger partial charge in [0, 0.05) is 45.2 Å². The van der Waals surface area contributed by atoms with Crippen molar-refractivity contribution in [3.63, 3.8) is 0 Å². The number of nitrogens with one attached hydrogen (secondary N) is 2. The number of thiophene rings is 1. The fourth-order valence-corrected chi connectivity index (χ4v) is 6.87. The summed E-state index contributed by atoms with van der Waals surface area (Å²) in [5.41, 5.74) is 5.35. The number of aromatic nitrogens is 3. The number of rotatable bonds is 14. The smallest absolute Gasteiger partial charge is 0.251 e. The Hall–Kier alpha value is -4.62. The molecule has 1 aliphatic rings. The lowest BCUT2D eigenvalue weighted by Gasteiger charge is -2.13. The number of aliphatic imine (C=N–C) groups is 1. The highest BCUT2D eigenvalue weighted by molar-refractivity contribution is 7.15. The van der Waals surface area contributed by atoms with Crippen LogP contribution in [0.15, 0.2) is 76.3 Å². The molecule has 1 aliphatic heterocycles. The van der Waals surface area contributed by atoms with Crippen molar-refractivity contribution in [3.05, 3.63) is 111 Å². The maximum Gasteiger partial charge on any atom is 0.251 e. The van der Waals surface area contributed by atoms with E-state index in [2.05, 4.69) is 34.7 Å². The molecule has 13 heteroatoms. The zero-order valence-electron chi connectivity index (χ0n) is 27.5. The van der Waals surface area contributed by atoms with Gasteiger partial charge in [-0.1, -0.05) is 35.9 Å². The van der Waals surface area contributed by atoms with Gasteiger partial charge in [-0.25, -0.2) is 0 Å². The number of aryl methyl sites for hydroxylation is 2. The van der Waals surface area contributed by atoms with Crippen LogP contribution in [0.2, 0.25) is 5.02 Å². The minimum Gasteiger partial charge on any atom is -0.464 e. The first-order valence-electron chi connectivity index (χ1n) is 16.0. The molecule has 0 radical (unpaired) electrons. The fraction of sp³-hybridized carbons (Fsp3) is 0.306. The van der Waals surface area contributed by atoms with Crippen molar-refractivity contribution >= 4 is 40.5 Å². The predicted octanol–water partition coefficient (Wildman–Crippen LogP) is 6.03. The van der Waals surface area contributed by atoms with Gasteiger partial charge in [-0.05, 0) is 62.7 Å². The van der Waals surface area contributed by atoms with Gasteiger partial charge in [0.05, 0.1) is 44.8 Å². The van der Waals surface area contributed by atoms with Crippen molar-refractivity contribution in [2.45, 2.75) is 33.2 Å². The highest BCUT2D eigenvalue weighted by Gasteiger charge is 2.32. The molecule has 0 saturated heterocycles. The molecule has 2 aromatic carbocycles. The second-order valence-electron chi connectivity index (χ2n) is 11.5. The second-order valence-corrected chi connectivity index (χ2v) is 13.1. The molecule has 0 spiro atoms. The van der Waals surface area contributed by atoms with Crippen molar-refractivity contribution in [2.75, 3.05) is 39.5 Å². The molecule has 2 amide bonds. The number of halogens is 1. The molecule has 6 rings (SSSR count). The molecule has 2 N–H and O–H groups in total. The number of ether oxygens (including phenoxy) is 2. The zero-order valence-corrected chi connectivity index (χ0v) is 29.1. The highest BCUT2D eigenvalue weighted by atomic mass is 35.5. The second kappa shape index (κ2) is 15.7. The van der Waals surface area contributed by atoms with Crippen LogP contribution in [0.1, 0.15) is 56.0 Å². The molecular formula is C36H37ClN6O5S. The van der Waals surface area contributed by atoms with E-state index in [1.54, 1.807) is 29.7 Å². The summed E-state index contributed by atoms with van der Waals surface area (Å²) in [5.74, 6) is 1.79. The van der Waals surface area contributed by atoms with Gasteiger partial charge in [0.25, 0.3) is 5.91 Å². The molecule has 0 saturated carbocycles. The molecular weight excluding hydrogens is 664 g/mol. The molecule has 254 valence electrons. The van der Waals surface area contributed by atoms with Gasteiger partial charge in [-0.2, -0.15) is 0 Å². The third-order valence-corrected chi connectivity index (χ3v) is 9.61. The minimum absolute atomic E-state index is 0.102. The average molecular weight is 701 g/mol. The Morgan fingerprint density at radius 1 is 0.898 bits per heavy atom. The molecule has 4 heterocycles. The van der Waals surface area contributed by atoms with Gasteiger partial charge < -0.3 is 24.5 Å². The fourth-order valence-electron chi connectivity index (χ4n) is 5.53. The monoisotopic (exact) mass is 700 g/mol. The van der Waals surface area contributed by atoms with Crippen molar-refractivity contribution in [1.29, 1.82) is 0 Å². The van der Waals surface area contributed by atoms with E-state index >= 15 is 0 Å². The third kappa shape index (κ3) is 8.00. The lowest BCUT2D eigenvalue weighted by molar-refractivity contribution is -0.121. The quantitative estimate of drug-likeness (QED) is 0.135. The summed E-state index contributed by atoms with van der Waals surface area (Å²) < 4.78 is 18.6. The van der Waals surface area contributed by atoms with Crippen LogP contribution < -0.4 is 10.6 Å². The van der Waals surface area contributed by atoms with Gasteiger partial charge in [-0.3, -0.25) is 19.1 Å². The number of hydrogen-bond acceptors (Lipinski definition) is 9. The lowest BCUT2D eigenvalue weighted by Crippen LogP contribution is -2.29. The molecule has 0 aliphatic carbocycles. The van der Waals surface area contributed by atoms with Crippen LogP contribution in [0.25, 0.3) is 16.3 Å². The number of carbonyl (C=O) groups excluding carboxylic acids is 2. The van der Waals surface area contributed by atoms with E-state index in [1.807, 2.05) is 60.0 Å². The summed E-state index contributed by atoms with van der Waals surface area (Å²) in [6.45, 7) is 8.22. The Kier molecular flexibility index (Phi) is 11.0. The zero-order chi connectivity index (χ0) is 34.3. The first kappa shape index (κ1) is 34.3. The van der Waals surface area contributed by atoms with E-state index in [4.69, 9.17) is 30.5 Å². The Bertz CT molecular complexity index is 1930.